The molecule has 0 unspecified atom stereocenters. The summed E-state index contributed by atoms with van der Waals surface area (Å²) in [6.45, 7) is 4.40. The van der Waals surface area contributed by atoms with E-state index >= 15 is 0 Å². The van der Waals surface area contributed by atoms with Crippen LogP contribution in [0.4, 0.5) is 5.69 Å². The summed E-state index contributed by atoms with van der Waals surface area (Å²) in [7, 11) is 0. The molecule has 19 heavy (non-hydrogen) atoms. The Balaban J connectivity index is 1.87. The molecule has 1 amide bonds. The number of rotatable bonds is 4. The Labute approximate surface area is 115 Å². The highest BCUT2D eigenvalue weighted by Gasteiger charge is 2.18. The molecule has 1 heterocycles. The van der Waals surface area contributed by atoms with E-state index < -0.39 is 0 Å². The van der Waals surface area contributed by atoms with Gasteiger partial charge in [0.05, 0.1) is 6.54 Å². The maximum atomic E-state index is 12.0. The number of aryl methyl sites for hydroxylation is 1. The Hall–Kier alpha value is -1.39. The highest BCUT2D eigenvalue weighted by Crippen LogP contribution is 2.15. The topological polar surface area (TPSA) is 58.4 Å². The van der Waals surface area contributed by atoms with E-state index in [0.29, 0.717) is 12.6 Å². The van der Waals surface area contributed by atoms with Crippen molar-refractivity contribution in [2.75, 3.05) is 25.0 Å². The van der Waals surface area contributed by atoms with E-state index in [2.05, 4.69) is 23.2 Å². The molecule has 0 aliphatic carbocycles. The molecule has 1 aliphatic rings. The fourth-order valence-electron chi connectivity index (χ4n) is 2.45. The van der Waals surface area contributed by atoms with E-state index in [1.165, 1.54) is 5.56 Å². The first-order valence-electron chi connectivity index (χ1n) is 7.04. The van der Waals surface area contributed by atoms with E-state index in [1.807, 2.05) is 18.2 Å². The van der Waals surface area contributed by atoms with Gasteiger partial charge >= 0.3 is 0 Å². The monoisotopic (exact) mass is 261 g/mol. The smallest absolute Gasteiger partial charge is 0.238 e. The molecule has 0 bridgehead atoms. The molecule has 4 nitrogen and oxygen atoms in total. The maximum absolute atomic E-state index is 12.0. The molecular weight excluding hydrogens is 238 g/mol. The number of nitrogens with two attached hydrogens (primary N) is 1. The molecule has 3 N–H and O–H groups in total. The van der Waals surface area contributed by atoms with Gasteiger partial charge in [-0.25, -0.2) is 0 Å². The lowest BCUT2D eigenvalue weighted by molar-refractivity contribution is -0.117. The van der Waals surface area contributed by atoms with Crippen LogP contribution in [0.5, 0.6) is 0 Å². The Morgan fingerprint density at radius 2 is 2.05 bits per heavy atom. The first-order chi connectivity index (χ1) is 9.19. The van der Waals surface area contributed by atoms with E-state index in [9.17, 15) is 4.79 Å². The number of para-hydroxylation sites is 1. The third-order valence-electron chi connectivity index (χ3n) is 3.67. The molecule has 0 spiro atoms. The van der Waals surface area contributed by atoms with Crippen LogP contribution in [0.25, 0.3) is 0 Å². The molecule has 2 rings (SSSR count). The van der Waals surface area contributed by atoms with Gasteiger partial charge in [-0.15, -0.1) is 0 Å². The van der Waals surface area contributed by atoms with Gasteiger partial charge in [0.2, 0.25) is 5.91 Å². The number of carbonyl (C=O) groups is 1. The summed E-state index contributed by atoms with van der Waals surface area (Å²) in [5, 5.41) is 3.01. The minimum absolute atomic E-state index is 0.0661. The van der Waals surface area contributed by atoms with Gasteiger partial charge in [0.15, 0.2) is 0 Å². The van der Waals surface area contributed by atoms with Gasteiger partial charge < -0.3 is 11.1 Å². The normalized spacial score (nSPS) is 17.4. The minimum Gasteiger partial charge on any atom is -0.328 e. The summed E-state index contributed by atoms with van der Waals surface area (Å²) in [5.41, 5.74) is 7.97. The summed E-state index contributed by atoms with van der Waals surface area (Å²) >= 11 is 0. The molecule has 0 saturated carbocycles. The minimum atomic E-state index is 0.0661. The second kappa shape index (κ2) is 6.68. The SMILES string of the molecule is CCc1ccccc1NC(=O)CN1CCC(N)CC1. The van der Waals surface area contributed by atoms with E-state index in [-0.39, 0.29) is 5.91 Å². The van der Waals surface area contributed by atoms with E-state index in [0.717, 1.165) is 38.0 Å². The fraction of sp³-hybridized carbons (Fsp3) is 0.533. The molecule has 0 aromatic heterocycles. The van der Waals surface area contributed by atoms with Crippen LogP contribution in [0, 0.1) is 0 Å². The van der Waals surface area contributed by atoms with Gasteiger partial charge in [0.1, 0.15) is 0 Å². The zero-order valence-electron chi connectivity index (χ0n) is 11.6. The van der Waals surface area contributed by atoms with Gasteiger partial charge in [0, 0.05) is 24.8 Å². The van der Waals surface area contributed by atoms with Crippen molar-refractivity contribution in [3.05, 3.63) is 29.8 Å². The van der Waals surface area contributed by atoms with Crippen LogP contribution in [0.15, 0.2) is 24.3 Å². The van der Waals surface area contributed by atoms with E-state index in [4.69, 9.17) is 5.73 Å². The quantitative estimate of drug-likeness (QED) is 0.865. The lowest BCUT2D eigenvalue weighted by Gasteiger charge is -2.29. The average Bonchev–Trinajstić information content (AvgIpc) is 2.42. The van der Waals surface area contributed by atoms with Crippen molar-refractivity contribution in [1.82, 2.24) is 4.90 Å². The van der Waals surface area contributed by atoms with Gasteiger partial charge in [-0.05, 0) is 30.9 Å². The molecule has 1 aromatic rings. The molecule has 4 heteroatoms. The summed E-state index contributed by atoms with van der Waals surface area (Å²) < 4.78 is 0. The van der Waals surface area contributed by atoms with Crippen LogP contribution in [0.3, 0.4) is 0 Å². The predicted octanol–water partition coefficient (Wildman–Crippen LogP) is 1.61. The van der Waals surface area contributed by atoms with Gasteiger partial charge in [-0.1, -0.05) is 25.1 Å². The predicted molar refractivity (Wildman–Crippen MR) is 78.1 cm³/mol. The Kier molecular flexibility index (Phi) is 4.93. The largest absolute Gasteiger partial charge is 0.328 e. The number of nitrogens with one attached hydrogen (secondary N) is 1. The fourth-order valence-corrected chi connectivity index (χ4v) is 2.45. The van der Waals surface area contributed by atoms with Gasteiger partial charge in [-0.3, -0.25) is 9.69 Å². The first-order valence-corrected chi connectivity index (χ1v) is 7.04. The molecule has 1 aliphatic heterocycles. The number of likely N-dealkylation sites (tertiary alicyclic amines) is 1. The molecule has 1 aromatic carbocycles. The molecule has 1 fully saturated rings. The van der Waals surface area contributed by atoms with Crippen LogP contribution in [-0.4, -0.2) is 36.5 Å². The van der Waals surface area contributed by atoms with Crippen molar-refractivity contribution in [2.45, 2.75) is 32.2 Å². The van der Waals surface area contributed by atoms with Crippen LogP contribution in [0.2, 0.25) is 0 Å². The summed E-state index contributed by atoms with van der Waals surface area (Å²) in [6.07, 6.45) is 2.90. The van der Waals surface area contributed by atoms with Crippen LogP contribution in [0.1, 0.15) is 25.3 Å². The Morgan fingerprint density at radius 1 is 1.37 bits per heavy atom. The highest BCUT2D eigenvalue weighted by molar-refractivity contribution is 5.93. The Bertz CT molecular complexity index is 425. The zero-order chi connectivity index (χ0) is 13.7. The number of amides is 1. The lowest BCUT2D eigenvalue weighted by Crippen LogP contribution is -2.43. The number of piperidine rings is 1. The average molecular weight is 261 g/mol. The van der Waals surface area contributed by atoms with Crippen molar-refractivity contribution < 1.29 is 4.79 Å². The van der Waals surface area contributed by atoms with Crippen LogP contribution < -0.4 is 11.1 Å². The molecular formula is C15H23N3O. The molecule has 0 radical (unpaired) electrons. The van der Waals surface area contributed by atoms with Gasteiger partial charge in [-0.2, -0.15) is 0 Å². The van der Waals surface area contributed by atoms with Crippen molar-refractivity contribution in [1.29, 1.82) is 0 Å². The number of benzene rings is 1. The number of carbonyl (C=O) groups excluding carboxylic acids is 1. The third-order valence-corrected chi connectivity index (χ3v) is 3.67. The van der Waals surface area contributed by atoms with Crippen molar-refractivity contribution in [3.63, 3.8) is 0 Å². The third kappa shape index (κ3) is 4.04. The Morgan fingerprint density at radius 3 is 2.74 bits per heavy atom. The molecule has 104 valence electrons. The summed E-state index contributed by atoms with van der Waals surface area (Å²) in [6, 6.07) is 8.27. The summed E-state index contributed by atoms with van der Waals surface area (Å²) in [4.78, 5) is 14.2. The van der Waals surface area contributed by atoms with E-state index in [1.54, 1.807) is 0 Å². The van der Waals surface area contributed by atoms with Gasteiger partial charge in [0.25, 0.3) is 0 Å². The zero-order valence-corrected chi connectivity index (χ0v) is 11.6. The standard InChI is InChI=1S/C15H23N3O/c1-2-12-5-3-4-6-14(12)17-15(19)11-18-9-7-13(16)8-10-18/h3-6,13H,2,7-11,16H2,1H3,(H,17,19). The van der Waals surface area contributed by atoms with Crippen LogP contribution in [-0.2, 0) is 11.2 Å². The molecule has 1 saturated heterocycles. The molecule has 0 atom stereocenters. The van der Waals surface area contributed by atoms with Crippen LogP contribution >= 0.6 is 0 Å². The van der Waals surface area contributed by atoms with Crippen molar-refractivity contribution in [3.8, 4) is 0 Å². The summed E-state index contributed by atoms with van der Waals surface area (Å²) in [5.74, 6) is 0.0661. The first kappa shape index (κ1) is 14.0. The number of hydrogen-bond donors (Lipinski definition) is 2. The second-order valence-corrected chi connectivity index (χ2v) is 5.17. The van der Waals surface area contributed by atoms with Crippen molar-refractivity contribution in [2.24, 2.45) is 5.73 Å². The second-order valence-electron chi connectivity index (χ2n) is 5.17. The number of hydrogen-bond acceptors (Lipinski definition) is 3. The van der Waals surface area contributed by atoms with Crippen molar-refractivity contribution >= 4 is 11.6 Å². The maximum Gasteiger partial charge on any atom is 0.238 e. The lowest BCUT2D eigenvalue weighted by atomic mass is 10.1. The number of nitrogens with zero attached hydrogens (tertiary/aromatic N) is 1. The number of anilines is 1. The highest BCUT2D eigenvalue weighted by atomic mass is 16.2.